The molecule has 21 heavy (non-hydrogen) atoms. The average Bonchev–Trinajstić information content (AvgIpc) is 2.96. The Morgan fingerprint density at radius 2 is 1.95 bits per heavy atom. The topological polar surface area (TPSA) is 21.3 Å². The first-order valence-electron chi connectivity index (χ1n) is 9.28. The van der Waals surface area contributed by atoms with E-state index >= 15 is 0 Å². The first-order chi connectivity index (χ1) is 10.3. The molecule has 0 bridgehead atoms. The minimum Gasteiger partial charge on any atom is -0.375 e. The standard InChI is InChI=1S/C18H31NOS/c1-2-19-17(16-14-4-3-5-15(14)16)13-6-9-20-18(12-13)7-10-21-11-8-18/h13-17,19H,2-12H2,1H3. The van der Waals surface area contributed by atoms with Crippen LogP contribution in [0.2, 0.25) is 0 Å². The van der Waals surface area contributed by atoms with Crippen molar-refractivity contribution in [3.63, 3.8) is 0 Å². The summed E-state index contributed by atoms with van der Waals surface area (Å²) in [7, 11) is 0. The van der Waals surface area contributed by atoms with Crippen molar-refractivity contribution in [1.82, 2.24) is 5.32 Å². The summed E-state index contributed by atoms with van der Waals surface area (Å²) < 4.78 is 6.32. The van der Waals surface area contributed by atoms with Gasteiger partial charge in [0.1, 0.15) is 0 Å². The molecule has 2 nitrogen and oxygen atoms in total. The van der Waals surface area contributed by atoms with Crippen molar-refractivity contribution in [1.29, 1.82) is 0 Å². The largest absolute Gasteiger partial charge is 0.375 e. The van der Waals surface area contributed by atoms with Gasteiger partial charge in [-0.2, -0.15) is 11.8 Å². The van der Waals surface area contributed by atoms with E-state index in [2.05, 4.69) is 24.0 Å². The van der Waals surface area contributed by atoms with Crippen LogP contribution in [0.1, 0.15) is 51.9 Å². The first kappa shape index (κ1) is 14.8. The van der Waals surface area contributed by atoms with Gasteiger partial charge >= 0.3 is 0 Å². The third kappa shape index (κ3) is 2.79. The van der Waals surface area contributed by atoms with Crippen LogP contribution in [-0.2, 0) is 4.74 Å². The van der Waals surface area contributed by atoms with Crippen LogP contribution in [0.4, 0.5) is 0 Å². The van der Waals surface area contributed by atoms with Gasteiger partial charge in [0.25, 0.3) is 0 Å². The second kappa shape index (κ2) is 6.05. The van der Waals surface area contributed by atoms with Crippen LogP contribution < -0.4 is 5.32 Å². The smallest absolute Gasteiger partial charge is 0.0701 e. The Balaban J connectivity index is 1.45. The van der Waals surface area contributed by atoms with Gasteiger partial charge in [0.2, 0.25) is 0 Å². The van der Waals surface area contributed by atoms with Crippen molar-refractivity contribution in [3.05, 3.63) is 0 Å². The third-order valence-electron chi connectivity index (χ3n) is 6.77. The van der Waals surface area contributed by atoms with Crippen molar-refractivity contribution in [2.75, 3.05) is 24.7 Å². The highest BCUT2D eigenvalue weighted by molar-refractivity contribution is 7.99. The zero-order chi connectivity index (χ0) is 14.3. The number of fused-ring (bicyclic) bond motifs is 1. The molecule has 0 aromatic heterocycles. The van der Waals surface area contributed by atoms with Gasteiger partial charge in [0, 0.05) is 12.6 Å². The van der Waals surface area contributed by atoms with E-state index in [0.29, 0.717) is 0 Å². The van der Waals surface area contributed by atoms with Crippen molar-refractivity contribution in [2.24, 2.45) is 23.7 Å². The van der Waals surface area contributed by atoms with E-state index in [1.165, 1.54) is 56.5 Å². The zero-order valence-corrected chi connectivity index (χ0v) is 14.3. The zero-order valence-electron chi connectivity index (χ0n) is 13.5. The van der Waals surface area contributed by atoms with Gasteiger partial charge in [0.05, 0.1) is 5.60 Å². The number of ether oxygens (including phenoxy) is 1. The van der Waals surface area contributed by atoms with Gasteiger partial charge < -0.3 is 10.1 Å². The molecule has 2 aliphatic carbocycles. The number of hydrogen-bond acceptors (Lipinski definition) is 3. The summed E-state index contributed by atoms with van der Waals surface area (Å²) in [6, 6.07) is 0.792. The van der Waals surface area contributed by atoms with Crippen molar-refractivity contribution >= 4 is 11.8 Å². The van der Waals surface area contributed by atoms with Crippen molar-refractivity contribution in [2.45, 2.75) is 63.5 Å². The minimum absolute atomic E-state index is 0.256. The molecule has 0 aromatic carbocycles. The summed E-state index contributed by atoms with van der Waals surface area (Å²) >= 11 is 2.12. The Labute approximate surface area is 134 Å². The van der Waals surface area contributed by atoms with Crippen molar-refractivity contribution < 1.29 is 4.74 Å². The van der Waals surface area contributed by atoms with E-state index in [1.54, 1.807) is 0 Å². The summed E-state index contributed by atoms with van der Waals surface area (Å²) in [4.78, 5) is 0. The highest BCUT2D eigenvalue weighted by Gasteiger charge is 2.57. The minimum atomic E-state index is 0.256. The van der Waals surface area contributed by atoms with E-state index < -0.39 is 0 Å². The predicted molar refractivity (Wildman–Crippen MR) is 89.8 cm³/mol. The molecular weight excluding hydrogens is 278 g/mol. The lowest BCUT2D eigenvalue weighted by Gasteiger charge is -2.46. The third-order valence-corrected chi connectivity index (χ3v) is 7.76. The Hall–Kier alpha value is 0.270. The van der Waals surface area contributed by atoms with Crippen LogP contribution in [0, 0.1) is 23.7 Å². The van der Waals surface area contributed by atoms with Crippen LogP contribution in [0.25, 0.3) is 0 Å². The van der Waals surface area contributed by atoms with Crippen LogP contribution in [0.3, 0.4) is 0 Å². The molecule has 0 radical (unpaired) electrons. The SMILES string of the molecule is CCNC(C1CCOC2(CCSCC2)C1)C1C2CCCC21. The summed E-state index contributed by atoms with van der Waals surface area (Å²) in [5.74, 6) is 6.67. The number of thioether (sulfide) groups is 1. The number of hydrogen-bond donors (Lipinski definition) is 1. The van der Waals surface area contributed by atoms with Gasteiger partial charge in [-0.15, -0.1) is 0 Å². The number of rotatable bonds is 4. The molecule has 1 N–H and O–H groups in total. The van der Waals surface area contributed by atoms with Crippen LogP contribution in [-0.4, -0.2) is 36.3 Å². The Morgan fingerprint density at radius 3 is 2.67 bits per heavy atom. The van der Waals surface area contributed by atoms with Crippen LogP contribution >= 0.6 is 11.8 Å². The van der Waals surface area contributed by atoms with Gasteiger partial charge in [0.15, 0.2) is 0 Å². The van der Waals surface area contributed by atoms with Gasteiger partial charge in [-0.1, -0.05) is 13.3 Å². The molecule has 2 saturated heterocycles. The maximum Gasteiger partial charge on any atom is 0.0701 e. The molecule has 120 valence electrons. The molecular formula is C18H31NOS. The molecule has 2 aliphatic heterocycles. The monoisotopic (exact) mass is 309 g/mol. The molecule has 1 spiro atoms. The Bertz CT molecular complexity index is 353. The van der Waals surface area contributed by atoms with Crippen LogP contribution in [0.15, 0.2) is 0 Å². The van der Waals surface area contributed by atoms with Gasteiger partial charge in [-0.25, -0.2) is 0 Å². The molecule has 4 aliphatic rings. The van der Waals surface area contributed by atoms with Crippen molar-refractivity contribution in [3.8, 4) is 0 Å². The fraction of sp³-hybridized carbons (Fsp3) is 1.00. The highest BCUT2D eigenvalue weighted by Crippen LogP contribution is 2.60. The average molecular weight is 310 g/mol. The molecule has 0 aromatic rings. The summed E-state index contributed by atoms with van der Waals surface area (Å²) in [5.41, 5.74) is 0.256. The summed E-state index contributed by atoms with van der Waals surface area (Å²) in [6.07, 6.45) is 9.75. The fourth-order valence-corrected chi connectivity index (χ4v) is 6.96. The van der Waals surface area contributed by atoms with E-state index in [4.69, 9.17) is 4.74 Å². The lowest BCUT2D eigenvalue weighted by molar-refractivity contribution is -0.108. The van der Waals surface area contributed by atoms with E-state index in [-0.39, 0.29) is 5.60 Å². The molecule has 4 fully saturated rings. The number of nitrogens with one attached hydrogen (secondary N) is 1. The molecule has 4 unspecified atom stereocenters. The van der Waals surface area contributed by atoms with E-state index in [9.17, 15) is 0 Å². The van der Waals surface area contributed by atoms with E-state index in [0.717, 1.165) is 42.9 Å². The maximum absolute atomic E-state index is 6.32. The molecule has 2 heterocycles. The Morgan fingerprint density at radius 1 is 1.19 bits per heavy atom. The van der Waals surface area contributed by atoms with Gasteiger partial charge in [-0.3, -0.25) is 0 Å². The molecule has 4 atom stereocenters. The lowest BCUT2D eigenvalue weighted by atomic mass is 9.76. The molecule has 3 heteroatoms. The Kier molecular flexibility index (Phi) is 4.27. The lowest BCUT2D eigenvalue weighted by Crippen LogP contribution is -2.49. The molecule has 2 saturated carbocycles. The second-order valence-corrected chi connectivity index (χ2v) is 9.04. The highest BCUT2D eigenvalue weighted by atomic mass is 32.2. The molecule has 4 rings (SSSR count). The predicted octanol–water partition coefficient (Wildman–Crippen LogP) is 3.70. The molecule has 0 amide bonds. The summed E-state index contributed by atoms with van der Waals surface area (Å²) in [6.45, 7) is 4.44. The maximum atomic E-state index is 6.32. The fourth-order valence-electron chi connectivity index (χ4n) is 5.73. The quantitative estimate of drug-likeness (QED) is 0.855. The van der Waals surface area contributed by atoms with E-state index in [1.807, 2.05) is 0 Å². The summed E-state index contributed by atoms with van der Waals surface area (Å²) in [5, 5.41) is 3.90. The van der Waals surface area contributed by atoms with Gasteiger partial charge in [-0.05, 0) is 80.2 Å². The normalized spacial score (nSPS) is 42.7. The first-order valence-corrected chi connectivity index (χ1v) is 10.4. The second-order valence-electron chi connectivity index (χ2n) is 7.82. The van der Waals surface area contributed by atoms with Crippen LogP contribution in [0.5, 0.6) is 0 Å².